The Balaban J connectivity index is 2.28. The van der Waals surface area contributed by atoms with E-state index in [1.54, 1.807) is 12.1 Å². The molecule has 0 fully saturated rings. The average Bonchev–Trinajstić information content (AvgIpc) is 2.43. The molecule has 0 saturated heterocycles. The summed E-state index contributed by atoms with van der Waals surface area (Å²) in [5, 5.41) is 11.2. The fourth-order valence-corrected chi connectivity index (χ4v) is 1.94. The molecule has 0 radical (unpaired) electrons. The number of carboxylic acids is 1. The average molecular weight is 287 g/mol. The summed E-state index contributed by atoms with van der Waals surface area (Å²) in [5.41, 5.74) is 2.02. The Hall–Kier alpha value is -2.69. The Morgan fingerprint density at radius 1 is 1.14 bits per heavy atom. The number of carboxylic acid groups (broad SMARTS) is 1. The van der Waals surface area contributed by atoms with Crippen LogP contribution in [0, 0.1) is 19.7 Å². The number of halogens is 1. The molecular formula is C16H14FNO3. The van der Waals surface area contributed by atoms with E-state index in [4.69, 9.17) is 5.11 Å². The first-order valence-electron chi connectivity index (χ1n) is 6.30. The number of benzene rings is 2. The van der Waals surface area contributed by atoms with Crippen molar-refractivity contribution >= 4 is 17.6 Å². The normalized spacial score (nSPS) is 10.2. The molecule has 0 aromatic heterocycles. The predicted octanol–water partition coefficient (Wildman–Crippen LogP) is 3.39. The Kier molecular flexibility index (Phi) is 4.03. The van der Waals surface area contributed by atoms with Gasteiger partial charge in [-0.15, -0.1) is 0 Å². The minimum Gasteiger partial charge on any atom is -0.478 e. The van der Waals surface area contributed by atoms with E-state index in [0.29, 0.717) is 5.56 Å². The quantitative estimate of drug-likeness (QED) is 0.909. The number of hydrogen-bond donors (Lipinski definition) is 2. The zero-order chi connectivity index (χ0) is 15.6. The maximum atomic E-state index is 13.8. The monoisotopic (exact) mass is 287 g/mol. The molecule has 2 aromatic rings. The van der Waals surface area contributed by atoms with E-state index >= 15 is 0 Å². The molecule has 108 valence electrons. The van der Waals surface area contributed by atoms with Gasteiger partial charge in [-0.3, -0.25) is 4.79 Å². The highest BCUT2D eigenvalue weighted by atomic mass is 19.1. The van der Waals surface area contributed by atoms with Crippen LogP contribution in [0.1, 0.15) is 31.8 Å². The molecule has 0 spiro atoms. The lowest BCUT2D eigenvalue weighted by Crippen LogP contribution is -2.15. The molecule has 2 N–H and O–H groups in total. The molecule has 21 heavy (non-hydrogen) atoms. The van der Waals surface area contributed by atoms with Crippen LogP contribution in [0.4, 0.5) is 10.1 Å². The second-order valence-electron chi connectivity index (χ2n) is 4.70. The zero-order valence-corrected chi connectivity index (χ0v) is 11.6. The zero-order valence-electron chi connectivity index (χ0n) is 11.6. The number of anilines is 1. The molecule has 0 atom stereocenters. The van der Waals surface area contributed by atoms with Gasteiger partial charge in [-0.2, -0.15) is 0 Å². The van der Waals surface area contributed by atoms with Gasteiger partial charge in [0.05, 0.1) is 11.3 Å². The standard InChI is InChI=1S/C16H14FNO3/c1-9-4-3-5-12(10(9)2)15(19)18-14-7-6-11(16(20)21)8-13(14)17/h3-8H,1-2H3,(H,18,19)(H,20,21). The first-order valence-corrected chi connectivity index (χ1v) is 6.30. The minimum absolute atomic E-state index is 0.0501. The summed E-state index contributed by atoms with van der Waals surface area (Å²) in [5.74, 6) is -2.44. The second-order valence-corrected chi connectivity index (χ2v) is 4.70. The van der Waals surface area contributed by atoms with Gasteiger partial charge in [0.2, 0.25) is 0 Å². The van der Waals surface area contributed by atoms with Crippen molar-refractivity contribution in [2.45, 2.75) is 13.8 Å². The molecule has 5 heteroatoms. The van der Waals surface area contributed by atoms with Gasteiger partial charge in [-0.25, -0.2) is 9.18 Å². The summed E-state index contributed by atoms with van der Waals surface area (Å²) < 4.78 is 13.8. The number of rotatable bonds is 3. The van der Waals surface area contributed by atoms with Crippen molar-refractivity contribution in [3.8, 4) is 0 Å². The lowest BCUT2D eigenvalue weighted by Gasteiger charge is -2.10. The van der Waals surface area contributed by atoms with Gasteiger partial charge in [-0.1, -0.05) is 12.1 Å². The molecule has 0 heterocycles. The molecule has 0 aliphatic rings. The second kappa shape index (κ2) is 5.75. The van der Waals surface area contributed by atoms with Crippen LogP contribution in [0.3, 0.4) is 0 Å². The third-order valence-electron chi connectivity index (χ3n) is 3.31. The Morgan fingerprint density at radius 2 is 1.86 bits per heavy atom. The number of amides is 1. The molecule has 0 saturated carbocycles. The van der Waals surface area contributed by atoms with E-state index in [9.17, 15) is 14.0 Å². The van der Waals surface area contributed by atoms with Gasteiger partial charge in [0.25, 0.3) is 5.91 Å². The third kappa shape index (κ3) is 3.08. The molecule has 0 aliphatic heterocycles. The highest BCUT2D eigenvalue weighted by Crippen LogP contribution is 2.19. The number of carbonyl (C=O) groups excluding carboxylic acids is 1. The van der Waals surface area contributed by atoms with Crippen LogP contribution in [0.15, 0.2) is 36.4 Å². The van der Waals surface area contributed by atoms with E-state index in [1.807, 2.05) is 19.9 Å². The minimum atomic E-state index is -1.22. The predicted molar refractivity (Wildman–Crippen MR) is 77.2 cm³/mol. The van der Waals surface area contributed by atoms with Crippen LogP contribution >= 0.6 is 0 Å². The van der Waals surface area contributed by atoms with Crippen molar-refractivity contribution in [3.05, 3.63) is 64.5 Å². The largest absolute Gasteiger partial charge is 0.478 e. The molecule has 2 rings (SSSR count). The van der Waals surface area contributed by atoms with Crippen LogP contribution in [0.5, 0.6) is 0 Å². The fraction of sp³-hybridized carbons (Fsp3) is 0.125. The van der Waals surface area contributed by atoms with Gasteiger partial charge in [-0.05, 0) is 49.2 Å². The lowest BCUT2D eigenvalue weighted by atomic mass is 10.0. The van der Waals surface area contributed by atoms with Crippen molar-refractivity contribution in [1.82, 2.24) is 0 Å². The summed E-state index contributed by atoms with van der Waals surface area (Å²) in [4.78, 5) is 22.9. The molecular weight excluding hydrogens is 273 g/mol. The summed E-state index contributed by atoms with van der Waals surface area (Å²) in [6, 6.07) is 8.64. The SMILES string of the molecule is Cc1cccc(C(=O)Nc2ccc(C(=O)O)cc2F)c1C. The molecule has 0 unspecified atom stereocenters. The van der Waals surface area contributed by atoms with Crippen molar-refractivity contribution in [2.24, 2.45) is 0 Å². The fourth-order valence-electron chi connectivity index (χ4n) is 1.94. The summed E-state index contributed by atoms with van der Waals surface area (Å²) >= 11 is 0. The van der Waals surface area contributed by atoms with E-state index < -0.39 is 17.7 Å². The first-order chi connectivity index (χ1) is 9.90. The first kappa shape index (κ1) is 14.7. The maximum Gasteiger partial charge on any atom is 0.335 e. The highest BCUT2D eigenvalue weighted by Gasteiger charge is 2.14. The lowest BCUT2D eigenvalue weighted by molar-refractivity contribution is 0.0696. The van der Waals surface area contributed by atoms with Crippen LogP contribution < -0.4 is 5.32 Å². The molecule has 4 nitrogen and oxygen atoms in total. The molecule has 1 amide bonds. The summed E-state index contributed by atoms with van der Waals surface area (Å²) in [6.07, 6.45) is 0. The van der Waals surface area contributed by atoms with Gasteiger partial charge >= 0.3 is 5.97 Å². The van der Waals surface area contributed by atoms with E-state index in [2.05, 4.69) is 5.32 Å². The van der Waals surface area contributed by atoms with E-state index in [1.165, 1.54) is 12.1 Å². The van der Waals surface area contributed by atoms with Crippen LogP contribution in [0.2, 0.25) is 0 Å². The maximum absolute atomic E-state index is 13.8. The Morgan fingerprint density at radius 3 is 2.48 bits per heavy atom. The van der Waals surface area contributed by atoms with Gasteiger partial charge in [0.15, 0.2) is 0 Å². The molecule has 0 bridgehead atoms. The van der Waals surface area contributed by atoms with Crippen LogP contribution in [-0.4, -0.2) is 17.0 Å². The highest BCUT2D eigenvalue weighted by molar-refractivity contribution is 6.05. The molecule has 2 aromatic carbocycles. The van der Waals surface area contributed by atoms with Crippen molar-refractivity contribution in [3.63, 3.8) is 0 Å². The summed E-state index contributed by atoms with van der Waals surface area (Å²) in [7, 11) is 0. The van der Waals surface area contributed by atoms with Crippen LogP contribution in [0.25, 0.3) is 0 Å². The topological polar surface area (TPSA) is 66.4 Å². The van der Waals surface area contributed by atoms with E-state index in [-0.39, 0.29) is 11.3 Å². The van der Waals surface area contributed by atoms with Crippen LogP contribution in [-0.2, 0) is 0 Å². The Labute approximate surface area is 121 Å². The van der Waals surface area contributed by atoms with Crippen molar-refractivity contribution < 1.29 is 19.1 Å². The van der Waals surface area contributed by atoms with Gasteiger partial charge in [0.1, 0.15) is 5.82 Å². The van der Waals surface area contributed by atoms with Crippen molar-refractivity contribution in [1.29, 1.82) is 0 Å². The Bertz CT molecular complexity index is 725. The number of nitrogens with one attached hydrogen (secondary N) is 1. The third-order valence-corrected chi connectivity index (χ3v) is 3.31. The number of aryl methyl sites for hydroxylation is 1. The smallest absolute Gasteiger partial charge is 0.335 e. The van der Waals surface area contributed by atoms with Gasteiger partial charge in [0, 0.05) is 5.56 Å². The van der Waals surface area contributed by atoms with Crippen molar-refractivity contribution in [2.75, 3.05) is 5.32 Å². The summed E-state index contributed by atoms with van der Waals surface area (Å²) in [6.45, 7) is 3.70. The molecule has 0 aliphatic carbocycles. The number of aromatic carboxylic acids is 1. The number of hydrogen-bond acceptors (Lipinski definition) is 2. The van der Waals surface area contributed by atoms with Gasteiger partial charge < -0.3 is 10.4 Å². The van der Waals surface area contributed by atoms with E-state index in [0.717, 1.165) is 17.2 Å². The number of carbonyl (C=O) groups is 2.